The third-order valence-corrected chi connectivity index (χ3v) is 7.42. The molecular formula is C33H27N3O8. The minimum atomic E-state index is -1.17. The number of rotatable bonds is 9. The van der Waals surface area contributed by atoms with Crippen molar-refractivity contribution in [3.05, 3.63) is 124 Å². The van der Waals surface area contributed by atoms with Crippen molar-refractivity contribution in [2.75, 3.05) is 16.6 Å². The number of hydrogen-bond acceptors (Lipinski definition) is 9. The van der Waals surface area contributed by atoms with Crippen molar-refractivity contribution in [3.63, 3.8) is 0 Å². The fourth-order valence-electron chi connectivity index (χ4n) is 5.36. The summed E-state index contributed by atoms with van der Waals surface area (Å²) in [6.07, 6.45) is -0.330. The average Bonchev–Trinajstić information content (AvgIpc) is 3.56. The number of carbonyl (C=O) groups excluding carboxylic acids is 3. The molecule has 222 valence electrons. The number of carbonyl (C=O) groups is 3. The maximum atomic E-state index is 13.9. The second kappa shape index (κ2) is 12.0. The van der Waals surface area contributed by atoms with Gasteiger partial charge in [0, 0.05) is 12.1 Å². The Labute approximate surface area is 252 Å². The fraction of sp³-hybridized carbons (Fsp3) is 0.182. The molecule has 4 aromatic carbocycles. The molecule has 2 aliphatic heterocycles. The van der Waals surface area contributed by atoms with Crippen molar-refractivity contribution < 1.29 is 33.6 Å². The number of amides is 2. The Kier molecular flexibility index (Phi) is 7.78. The van der Waals surface area contributed by atoms with E-state index in [-0.39, 0.29) is 11.4 Å². The molecule has 11 nitrogen and oxygen atoms in total. The molecule has 2 aliphatic rings. The van der Waals surface area contributed by atoms with Gasteiger partial charge < -0.3 is 9.47 Å². The summed E-state index contributed by atoms with van der Waals surface area (Å²) in [6.45, 7) is 2.53. The van der Waals surface area contributed by atoms with E-state index in [1.54, 1.807) is 84.9 Å². The van der Waals surface area contributed by atoms with Crippen LogP contribution >= 0.6 is 0 Å². The van der Waals surface area contributed by atoms with Gasteiger partial charge in [-0.15, -0.1) is 0 Å². The molecule has 0 spiro atoms. The van der Waals surface area contributed by atoms with E-state index in [4.69, 9.17) is 14.3 Å². The molecule has 2 heterocycles. The smallest absolute Gasteiger partial charge is 0.343 e. The van der Waals surface area contributed by atoms with Crippen LogP contribution in [0.15, 0.2) is 103 Å². The zero-order valence-corrected chi connectivity index (χ0v) is 23.6. The van der Waals surface area contributed by atoms with Gasteiger partial charge >= 0.3 is 5.97 Å². The van der Waals surface area contributed by atoms with E-state index in [1.807, 2.05) is 6.92 Å². The number of nitro groups is 1. The van der Waals surface area contributed by atoms with Gasteiger partial charge in [-0.25, -0.2) is 14.8 Å². The molecule has 11 heteroatoms. The van der Waals surface area contributed by atoms with Crippen molar-refractivity contribution in [1.29, 1.82) is 0 Å². The summed E-state index contributed by atoms with van der Waals surface area (Å²) in [4.78, 5) is 58.4. The number of ether oxygens (including phenoxy) is 2. The molecule has 0 aromatic heterocycles. The van der Waals surface area contributed by atoms with Crippen molar-refractivity contribution in [2.45, 2.75) is 25.5 Å². The molecule has 0 unspecified atom stereocenters. The Morgan fingerprint density at radius 2 is 1.57 bits per heavy atom. The van der Waals surface area contributed by atoms with E-state index in [9.17, 15) is 24.5 Å². The van der Waals surface area contributed by atoms with Gasteiger partial charge in [-0.1, -0.05) is 43.3 Å². The quantitative estimate of drug-likeness (QED) is 0.0794. The molecule has 44 heavy (non-hydrogen) atoms. The maximum Gasteiger partial charge on any atom is 0.343 e. The standard InChI is InChI=1S/C33H27N3O8/c1-2-19-42-26-17-13-23(14-18-26)34-31(37)28-29(21-11-15-27(16-12-21)43-33(39)22-7-4-3-5-8-22)35(44-30(28)32(34)38)24-9-6-10-25(20-24)36(40)41/h3-18,20,28-30H,2,19H2,1H3/t28-,29-,30-/m0/s1. The van der Waals surface area contributed by atoms with Gasteiger partial charge in [0.1, 0.15) is 17.4 Å². The summed E-state index contributed by atoms with van der Waals surface area (Å²) in [6, 6.07) is 26.7. The van der Waals surface area contributed by atoms with Gasteiger partial charge in [-0.2, -0.15) is 0 Å². The summed E-state index contributed by atoms with van der Waals surface area (Å²) >= 11 is 0. The molecule has 6 rings (SSSR count). The van der Waals surface area contributed by atoms with Crippen LogP contribution in [0.3, 0.4) is 0 Å². The van der Waals surface area contributed by atoms with Crippen molar-refractivity contribution >= 4 is 34.8 Å². The molecule has 2 fully saturated rings. The summed E-state index contributed by atoms with van der Waals surface area (Å²) in [5.41, 5.74) is 1.48. The molecule has 0 saturated carbocycles. The first-order chi connectivity index (χ1) is 21.4. The third-order valence-electron chi connectivity index (χ3n) is 7.42. The Hall–Kier alpha value is -5.55. The molecule has 0 aliphatic carbocycles. The van der Waals surface area contributed by atoms with Crippen LogP contribution in [0, 0.1) is 16.0 Å². The number of nitrogens with zero attached hydrogens (tertiary/aromatic N) is 3. The number of imide groups is 1. The van der Waals surface area contributed by atoms with Gasteiger partial charge in [-0.05, 0) is 66.6 Å². The van der Waals surface area contributed by atoms with Gasteiger partial charge in [0.25, 0.3) is 11.6 Å². The van der Waals surface area contributed by atoms with Crippen LogP contribution in [0.5, 0.6) is 11.5 Å². The third kappa shape index (κ3) is 5.36. The van der Waals surface area contributed by atoms with Gasteiger partial charge in [0.05, 0.1) is 34.5 Å². The van der Waals surface area contributed by atoms with Crippen LogP contribution in [-0.2, 0) is 14.4 Å². The van der Waals surface area contributed by atoms with E-state index in [1.165, 1.54) is 23.3 Å². The van der Waals surface area contributed by atoms with E-state index < -0.39 is 40.8 Å². The molecule has 0 bridgehead atoms. The predicted molar refractivity (Wildman–Crippen MR) is 159 cm³/mol. The summed E-state index contributed by atoms with van der Waals surface area (Å²) in [5, 5.41) is 12.9. The Balaban J connectivity index is 1.32. The molecule has 3 atom stereocenters. The average molecular weight is 594 g/mol. The van der Waals surface area contributed by atoms with Crippen molar-refractivity contribution in [3.8, 4) is 11.5 Å². The Bertz CT molecular complexity index is 1710. The largest absolute Gasteiger partial charge is 0.494 e. The van der Waals surface area contributed by atoms with Crippen LogP contribution < -0.4 is 19.4 Å². The summed E-state index contributed by atoms with van der Waals surface area (Å²) < 4.78 is 11.1. The normalized spacial score (nSPS) is 19.2. The Morgan fingerprint density at radius 1 is 0.864 bits per heavy atom. The van der Waals surface area contributed by atoms with Gasteiger partial charge in [0.15, 0.2) is 6.10 Å². The molecular weight excluding hydrogens is 566 g/mol. The molecule has 2 saturated heterocycles. The second-order valence-electron chi connectivity index (χ2n) is 10.3. The lowest BCUT2D eigenvalue weighted by Gasteiger charge is -2.28. The number of benzene rings is 4. The van der Waals surface area contributed by atoms with Gasteiger partial charge in [0.2, 0.25) is 5.91 Å². The zero-order chi connectivity index (χ0) is 30.8. The highest BCUT2D eigenvalue weighted by Crippen LogP contribution is 2.48. The topological polar surface area (TPSA) is 129 Å². The minimum Gasteiger partial charge on any atom is -0.494 e. The minimum absolute atomic E-state index is 0.172. The van der Waals surface area contributed by atoms with Crippen LogP contribution in [-0.4, -0.2) is 35.4 Å². The molecule has 4 aromatic rings. The lowest BCUT2D eigenvalue weighted by Crippen LogP contribution is -2.37. The van der Waals surface area contributed by atoms with Crippen LogP contribution in [0.1, 0.15) is 35.3 Å². The van der Waals surface area contributed by atoms with Crippen LogP contribution in [0.4, 0.5) is 17.1 Å². The number of fused-ring (bicyclic) bond motifs is 1. The van der Waals surface area contributed by atoms with E-state index in [2.05, 4.69) is 0 Å². The highest BCUT2D eigenvalue weighted by Gasteiger charge is 2.60. The molecule has 0 N–H and O–H groups in total. The predicted octanol–water partition coefficient (Wildman–Crippen LogP) is 5.65. The van der Waals surface area contributed by atoms with E-state index in [0.717, 1.165) is 11.3 Å². The molecule has 0 radical (unpaired) electrons. The monoisotopic (exact) mass is 593 g/mol. The van der Waals surface area contributed by atoms with Crippen LogP contribution in [0.2, 0.25) is 0 Å². The number of esters is 1. The number of anilines is 2. The first kappa shape index (κ1) is 28.6. The van der Waals surface area contributed by atoms with Gasteiger partial charge in [-0.3, -0.25) is 24.5 Å². The van der Waals surface area contributed by atoms with Crippen molar-refractivity contribution in [1.82, 2.24) is 0 Å². The Morgan fingerprint density at radius 3 is 2.25 bits per heavy atom. The lowest BCUT2D eigenvalue weighted by molar-refractivity contribution is -0.384. The second-order valence-corrected chi connectivity index (χ2v) is 10.3. The number of nitro benzene ring substituents is 1. The van der Waals surface area contributed by atoms with E-state index in [0.29, 0.717) is 34.9 Å². The summed E-state index contributed by atoms with van der Waals surface area (Å²) in [5.74, 6) is -1.61. The summed E-state index contributed by atoms with van der Waals surface area (Å²) in [7, 11) is 0. The van der Waals surface area contributed by atoms with E-state index >= 15 is 0 Å². The first-order valence-electron chi connectivity index (χ1n) is 14.0. The number of non-ortho nitro benzene ring substituents is 1. The maximum absolute atomic E-state index is 13.9. The number of hydroxylamine groups is 1. The highest BCUT2D eigenvalue weighted by molar-refractivity contribution is 6.24. The van der Waals surface area contributed by atoms with Crippen molar-refractivity contribution in [2.24, 2.45) is 5.92 Å². The first-order valence-corrected chi connectivity index (χ1v) is 14.0. The molecule has 2 amide bonds. The fourth-order valence-corrected chi connectivity index (χ4v) is 5.36. The zero-order valence-electron chi connectivity index (χ0n) is 23.6. The number of hydrogen-bond donors (Lipinski definition) is 0. The highest BCUT2D eigenvalue weighted by atomic mass is 16.7. The van der Waals surface area contributed by atoms with Crippen LogP contribution in [0.25, 0.3) is 0 Å². The SMILES string of the molecule is CCCOc1ccc(N2C(=O)[C@@H]3[C@H](ON(c4cccc([N+](=O)[O-])c4)[C@H]3c3ccc(OC(=O)c4ccccc4)cc3)C2=O)cc1. The lowest BCUT2D eigenvalue weighted by atomic mass is 9.90.